The summed E-state index contributed by atoms with van der Waals surface area (Å²) in [6.07, 6.45) is 2.31. The van der Waals surface area contributed by atoms with E-state index in [1.807, 2.05) is 13.0 Å². The van der Waals surface area contributed by atoms with E-state index >= 15 is 0 Å². The number of amides is 1. The smallest absolute Gasteiger partial charge is 0.287 e. The van der Waals surface area contributed by atoms with Crippen LogP contribution in [0, 0.1) is 13.8 Å². The van der Waals surface area contributed by atoms with Gasteiger partial charge in [-0.3, -0.25) is 9.79 Å². The predicted octanol–water partition coefficient (Wildman–Crippen LogP) is 3.00. The minimum Gasteiger partial charge on any atom is -0.459 e. The van der Waals surface area contributed by atoms with Crippen molar-refractivity contribution in [1.82, 2.24) is 16.0 Å². The van der Waals surface area contributed by atoms with Gasteiger partial charge in [0.25, 0.3) is 5.91 Å². The van der Waals surface area contributed by atoms with E-state index in [4.69, 9.17) is 4.42 Å². The van der Waals surface area contributed by atoms with Crippen LogP contribution in [0.3, 0.4) is 0 Å². The second-order valence-corrected chi connectivity index (χ2v) is 5.88. The maximum Gasteiger partial charge on any atom is 0.287 e. The van der Waals surface area contributed by atoms with Crippen molar-refractivity contribution in [2.75, 3.05) is 20.1 Å². The number of aryl methyl sites for hydroxylation is 2. The van der Waals surface area contributed by atoms with Crippen LogP contribution in [0.1, 0.15) is 33.7 Å². The topological polar surface area (TPSA) is 78.7 Å². The Kier molecular flexibility index (Phi) is 9.79. The number of benzene rings is 1. The zero-order chi connectivity index (χ0) is 18.1. The number of halogens is 1. The molecule has 1 amide bonds. The molecule has 0 fully saturated rings. The van der Waals surface area contributed by atoms with Crippen molar-refractivity contribution < 1.29 is 9.21 Å². The molecule has 6 nitrogen and oxygen atoms in total. The molecule has 7 heteroatoms. The lowest BCUT2D eigenvalue weighted by Gasteiger charge is -2.12. The summed E-state index contributed by atoms with van der Waals surface area (Å²) in [4.78, 5) is 16.1. The van der Waals surface area contributed by atoms with Crippen LogP contribution in [-0.2, 0) is 6.54 Å². The average Bonchev–Trinajstić information content (AvgIpc) is 3.03. The number of furan rings is 1. The lowest BCUT2D eigenvalue weighted by atomic mass is 10.1. The largest absolute Gasteiger partial charge is 0.459 e. The van der Waals surface area contributed by atoms with E-state index < -0.39 is 0 Å². The first-order chi connectivity index (χ1) is 12.1. The molecule has 0 aliphatic carbocycles. The number of nitrogens with zero attached hydrogens (tertiary/aromatic N) is 1. The molecule has 0 aliphatic heterocycles. The molecule has 2 rings (SSSR count). The zero-order valence-corrected chi connectivity index (χ0v) is 17.8. The summed E-state index contributed by atoms with van der Waals surface area (Å²) in [5, 5.41) is 9.37. The van der Waals surface area contributed by atoms with Crippen molar-refractivity contribution in [3.05, 3.63) is 59.0 Å². The van der Waals surface area contributed by atoms with Gasteiger partial charge in [0.05, 0.1) is 6.26 Å². The maximum absolute atomic E-state index is 11.9. The van der Waals surface area contributed by atoms with Gasteiger partial charge in [-0.1, -0.05) is 29.8 Å². The van der Waals surface area contributed by atoms with E-state index in [0.29, 0.717) is 18.8 Å². The molecule has 1 aromatic heterocycles. The Morgan fingerprint density at radius 3 is 2.54 bits per heavy atom. The number of hydrogen-bond acceptors (Lipinski definition) is 3. The normalized spacial score (nSPS) is 10.8. The van der Waals surface area contributed by atoms with Gasteiger partial charge in [-0.15, -0.1) is 24.0 Å². The third-order valence-electron chi connectivity index (χ3n) is 3.77. The summed E-state index contributed by atoms with van der Waals surface area (Å²) in [6, 6.07) is 10.1. The Bertz CT molecular complexity index is 728. The van der Waals surface area contributed by atoms with E-state index in [9.17, 15) is 4.79 Å². The second kappa shape index (κ2) is 11.6. The molecule has 3 N–H and O–H groups in total. The summed E-state index contributed by atoms with van der Waals surface area (Å²) >= 11 is 0. The van der Waals surface area contributed by atoms with Gasteiger partial charge in [0, 0.05) is 32.2 Å². The highest BCUT2D eigenvalue weighted by Crippen LogP contribution is 2.07. The van der Waals surface area contributed by atoms with Crippen LogP contribution in [0.25, 0.3) is 0 Å². The number of carbonyl (C=O) groups excluding carboxylic acids is 1. The average molecular weight is 470 g/mol. The molecule has 1 aromatic carbocycles. The zero-order valence-electron chi connectivity index (χ0n) is 15.5. The van der Waals surface area contributed by atoms with Gasteiger partial charge in [-0.25, -0.2) is 0 Å². The fourth-order valence-corrected chi connectivity index (χ4v) is 2.41. The van der Waals surface area contributed by atoms with Crippen LogP contribution < -0.4 is 16.0 Å². The van der Waals surface area contributed by atoms with Gasteiger partial charge in [0.2, 0.25) is 0 Å². The number of guanidine groups is 1. The van der Waals surface area contributed by atoms with Crippen molar-refractivity contribution in [3.63, 3.8) is 0 Å². The Morgan fingerprint density at radius 2 is 1.88 bits per heavy atom. The fourth-order valence-electron chi connectivity index (χ4n) is 2.41. The van der Waals surface area contributed by atoms with E-state index in [2.05, 4.69) is 46.1 Å². The van der Waals surface area contributed by atoms with Gasteiger partial charge in [0.15, 0.2) is 11.7 Å². The van der Waals surface area contributed by atoms with Crippen LogP contribution in [0.2, 0.25) is 0 Å². The van der Waals surface area contributed by atoms with Crippen molar-refractivity contribution in [3.8, 4) is 0 Å². The van der Waals surface area contributed by atoms with Gasteiger partial charge in [-0.05, 0) is 31.9 Å². The van der Waals surface area contributed by atoms with Crippen LogP contribution in [-0.4, -0.2) is 32.0 Å². The standard InChI is InChI=1S/C19H26N4O2.HI/c1-14-6-4-7-16(12-14)13-23-19(20-3)22-10-5-9-21-18(24)17-15(2)8-11-25-17;/h4,6-8,11-12H,5,9-10,13H2,1-3H3,(H,21,24)(H2,20,22,23);1H. The van der Waals surface area contributed by atoms with Crippen molar-refractivity contribution in [1.29, 1.82) is 0 Å². The van der Waals surface area contributed by atoms with Gasteiger partial charge < -0.3 is 20.4 Å². The monoisotopic (exact) mass is 470 g/mol. The molecule has 0 radical (unpaired) electrons. The number of nitrogens with one attached hydrogen (secondary N) is 3. The molecular formula is C19H27IN4O2. The number of rotatable bonds is 7. The quantitative estimate of drug-likeness (QED) is 0.252. The molecule has 0 unspecified atom stereocenters. The van der Waals surface area contributed by atoms with Crippen molar-refractivity contribution >= 4 is 35.8 Å². The molecular weight excluding hydrogens is 443 g/mol. The van der Waals surface area contributed by atoms with Crippen molar-refractivity contribution in [2.24, 2.45) is 4.99 Å². The van der Waals surface area contributed by atoms with Gasteiger partial charge >= 0.3 is 0 Å². The summed E-state index contributed by atoms with van der Waals surface area (Å²) < 4.78 is 5.16. The van der Waals surface area contributed by atoms with Crippen LogP contribution in [0.15, 0.2) is 46.0 Å². The Balaban J connectivity index is 0.00000338. The highest BCUT2D eigenvalue weighted by atomic mass is 127. The number of carbonyl (C=O) groups is 1. The highest BCUT2D eigenvalue weighted by molar-refractivity contribution is 14.0. The Labute approximate surface area is 171 Å². The van der Waals surface area contributed by atoms with Crippen molar-refractivity contribution in [2.45, 2.75) is 26.8 Å². The first-order valence-corrected chi connectivity index (χ1v) is 8.42. The van der Waals surface area contributed by atoms with Gasteiger partial charge in [-0.2, -0.15) is 0 Å². The summed E-state index contributed by atoms with van der Waals surface area (Å²) in [7, 11) is 1.74. The molecule has 142 valence electrons. The van der Waals surface area contributed by atoms with E-state index in [1.54, 1.807) is 13.1 Å². The van der Waals surface area contributed by atoms with Crippen LogP contribution in [0.5, 0.6) is 0 Å². The molecule has 0 aliphatic rings. The predicted molar refractivity (Wildman–Crippen MR) is 115 cm³/mol. The lowest BCUT2D eigenvalue weighted by Crippen LogP contribution is -2.38. The summed E-state index contributed by atoms with van der Waals surface area (Å²) in [5.41, 5.74) is 3.30. The molecule has 0 atom stereocenters. The Hall–Kier alpha value is -2.03. The van der Waals surface area contributed by atoms with E-state index in [-0.39, 0.29) is 29.9 Å². The molecule has 0 spiro atoms. The molecule has 2 aromatic rings. The molecule has 0 saturated carbocycles. The number of aliphatic imine (C=N–C) groups is 1. The first kappa shape index (κ1) is 22.0. The van der Waals surface area contributed by atoms with Gasteiger partial charge in [0.1, 0.15) is 0 Å². The summed E-state index contributed by atoms with van der Waals surface area (Å²) in [5.74, 6) is 0.947. The number of hydrogen-bond donors (Lipinski definition) is 3. The van der Waals surface area contributed by atoms with Crippen LogP contribution >= 0.6 is 24.0 Å². The lowest BCUT2D eigenvalue weighted by molar-refractivity contribution is 0.0925. The Morgan fingerprint density at radius 1 is 1.12 bits per heavy atom. The van der Waals surface area contributed by atoms with Crippen LogP contribution in [0.4, 0.5) is 0 Å². The third-order valence-corrected chi connectivity index (χ3v) is 3.77. The SMILES string of the molecule is CN=C(NCCCNC(=O)c1occc1C)NCc1cccc(C)c1.I. The third kappa shape index (κ3) is 7.07. The molecule has 0 bridgehead atoms. The molecule has 1 heterocycles. The molecule has 26 heavy (non-hydrogen) atoms. The molecule has 0 saturated heterocycles. The van der Waals surface area contributed by atoms with E-state index in [0.717, 1.165) is 24.5 Å². The maximum atomic E-state index is 11.9. The summed E-state index contributed by atoms with van der Waals surface area (Å²) in [6.45, 7) is 5.93. The minimum absolute atomic E-state index is 0. The second-order valence-electron chi connectivity index (χ2n) is 5.88. The minimum atomic E-state index is -0.176. The first-order valence-electron chi connectivity index (χ1n) is 8.42. The van der Waals surface area contributed by atoms with E-state index in [1.165, 1.54) is 17.4 Å². The fraction of sp³-hybridized carbons (Fsp3) is 0.368. The highest BCUT2D eigenvalue weighted by Gasteiger charge is 2.11.